The van der Waals surface area contributed by atoms with Crippen LogP contribution in [0.1, 0.15) is 16.8 Å². The third kappa shape index (κ3) is 1.47. The van der Waals surface area contributed by atoms with Crippen LogP contribution in [0, 0.1) is 0 Å². The van der Waals surface area contributed by atoms with E-state index in [0.29, 0.717) is 6.54 Å². The molecule has 1 aliphatic heterocycles. The maximum atomic E-state index is 5.88. The molecule has 2 nitrogen and oxygen atoms in total. The number of aromatic amines is 1. The minimum absolute atomic E-state index is 0.622. The number of thioether (sulfide) groups is 1. The quantitative estimate of drug-likeness (QED) is 0.833. The summed E-state index contributed by atoms with van der Waals surface area (Å²) in [6, 6.07) is 10.4. The van der Waals surface area contributed by atoms with Gasteiger partial charge in [-0.1, -0.05) is 30.3 Å². The SMILES string of the molecule is NCc1c(-c2ccccc2)[nH]c2c1CSC2. The first kappa shape index (κ1) is 10.00. The van der Waals surface area contributed by atoms with Crippen LogP contribution in [0.4, 0.5) is 0 Å². The predicted molar refractivity (Wildman–Crippen MR) is 69.1 cm³/mol. The molecule has 0 spiro atoms. The lowest BCUT2D eigenvalue weighted by Crippen LogP contribution is -1.99. The van der Waals surface area contributed by atoms with Gasteiger partial charge in [-0.05, 0) is 16.7 Å². The summed E-state index contributed by atoms with van der Waals surface area (Å²) in [4.78, 5) is 3.53. The van der Waals surface area contributed by atoms with E-state index in [0.717, 1.165) is 11.5 Å². The zero-order valence-corrected chi connectivity index (χ0v) is 9.81. The largest absolute Gasteiger partial charge is 0.357 e. The smallest absolute Gasteiger partial charge is 0.0505 e. The van der Waals surface area contributed by atoms with Crippen molar-refractivity contribution in [3.8, 4) is 11.3 Å². The van der Waals surface area contributed by atoms with Crippen molar-refractivity contribution in [3.05, 3.63) is 47.2 Å². The van der Waals surface area contributed by atoms with Gasteiger partial charge in [0.1, 0.15) is 0 Å². The molecule has 82 valence electrons. The number of nitrogens with one attached hydrogen (secondary N) is 1. The molecule has 3 N–H and O–H groups in total. The van der Waals surface area contributed by atoms with Gasteiger partial charge in [0, 0.05) is 23.7 Å². The molecular formula is C13H14N2S. The molecule has 0 atom stereocenters. The van der Waals surface area contributed by atoms with Crippen LogP contribution in [0.5, 0.6) is 0 Å². The molecule has 0 saturated heterocycles. The Labute approximate surface area is 99.2 Å². The van der Waals surface area contributed by atoms with Gasteiger partial charge >= 0.3 is 0 Å². The Morgan fingerprint density at radius 2 is 2.00 bits per heavy atom. The van der Waals surface area contributed by atoms with E-state index >= 15 is 0 Å². The van der Waals surface area contributed by atoms with Crippen LogP contribution in [-0.2, 0) is 18.1 Å². The highest BCUT2D eigenvalue weighted by Crippen LogP contribution is 2.37. The highest BCUT2D eigenvalue weighted by molar-refractivity contribution is 7.98. The molecule has 3 heteroatoms. The second kappa shape index (κ2) is 4.00. The molecule has 3 rings (SSSR count). The van der Waals surface area contributed by atoms with E-state index in [-0.39, 0.29) is 0 Å². The van der Waals surface area contributed by atoms with Crippen molar-refractivity contribution in [2.45, 2.75) is 18.1 Å². The molecule has 0 bridgehead atoms. The number of rotatable bonds is 2. The van der Waals surface area contributed by atoms with Crippen molar-refractivity contribution < 1.29 is 0 Å². The molecule has 16 heavy (non-hydrogen) atoms. The number of fused-ring (bicyclic) bond motifs is 1. The van der Waals surface area contributed by atoms with Gasteiger partial charge in [-0.2, -0.15) is 11.8 Å². The van der Waals surface area contributed by atoms with E-state index in [4.69, 9.17) is 5.73 Å². The van der Waals surface area contributed by atoms with Gasteiger partial charge in [-0.15, -0.1) is 0 Å². The van der Waals surface area contributed by atoms with Gasteiger partial charge in [-0.25, -0.2) is 0 Å². The van der Waals surface area contributed by atoms with E-state index in [2.05, 4.69) is 29.2 Å². The normalized spacial score (nSPS) is 14.1. The summed E-state index contributed by atoms with van der Waals surface area (Å²) in [6.07, 6.45) is 0. The van der Waals surface area contributed by atoms with Gasteiger partial charge in [0.15, 0.2) is 0 Å². The molecule has 2 heterocycles. The van der Waals surface area contributed by atoms with Crippen LogP contribution >= 0.6 is 11.8 Å². The fraction of sp³-hybridized carbons (Fsp3) is 0.231. The molecule has 0 fully saturated rings. The molecule has 1 aromatic carbocycles. The first-order valence-electron chi connectivity index (χ1n) is 5.46. The van der Waals surface area contributed by atoms with Gasteiger partial charge in [0.05, 0.1) is 5.69 Å². The topological polar surface area (TPSA) is 41.8 Å². The summed E-state index contributed by atoms with van der Waals surface area (Å²) in [5.41, 5.74) is 12.4. The number of aromatic nitrogens is 1. The molecule has 0 unspecified atom stereocenters. The fourth-order valence-corrected chi connectivity index (χ4v) is 3.37. The summed E-state index contributed by atoms with van der Waals surface area (Å²) in [5, 5.41) is 0. The van der Waals surface area contributed by atoms with Gasteiger partial charge in [0.25, 0.3) is 0 Å². The maximum Gasteiger partial charge on any atom is 0.0505 e. The number of nitrogens with two attached hydrogens (primary N) is 1. The van der Waals surface area contributed by atoms with E-state index < -0.39 is 0 Å². The van der Waals surface area contributed by atoms with Crippen molar-refractivity contribution in [1.29, 1.82) is 0 Å². The van der Waals surface area contributed by atoms with Crippen LogP contribution in [0.15, 0.2) is 30.3 Å². The minimum atomic E-state index is 0.622. The minimum Gasteiger partial charge on any atom is -0.357 e. The van der Waals surface area contributed by atoms with Crippen molar-refractivity contribution in [2.75, 3.05) is 0 Å². The number of benzene rings is 1. The highest BCUT2D eigenvalue weighted by Gasteiger charge is 2.21. The zero-order valence-electron chi connectivity index (χ0n) is 8.99. The van der Waals surface area contributed by atoms with Crippen LogP contribution in [-0.4, -0.2) is 4.98 Å². The van der Waals surface area contributed by atoms with Crippen molar-refractivity contribution in [1.82, 2.24) is 4.98 Å². The second-order valence-corrected chi connectivity index (χ2v) is 4.98. The lowest BCUT2D eigenvalue weighted by molar-refractivity contribution is 1.06. The van der Waals surface area contributed by atoms with E-state index in [9.17, 15) is 0 Å². The zero-order chi connectivity index (χ0) is 11.0. The summed E-state index contributed by atoms with van der Waals surface area (Å²) in [5.74, 6) is 2.19. The summed E-state index contributed by atoms with van der Waals surface area (Å²) in [7, 11) is 0. The van der Waals surface area contributed by atoms with Crippen LogP contribution in [0.25, 0.3) is 11.3 Å². The Bertz CT molecular complexity index is 502. The molecule has 0 amide bonds. The Morgan fingerprint density at radius 1 is 1.19 bits per heavy atom. The van der Waals surface area contributed by atoms with Crippen molar-refractivity contribution >= 4 is 11.8 Å². The lowest BCUT2D eigenvalue weighted by Gasteiger charge is -2.04. The average molecular weight is 230 g/mol. The Balaban J connectivity index is 2.15. The Kier molecular flexibility index (Phi) is 2.50. The third-order valence-corrected chi connectivity index (χ3v) is 4.05. The van der Waals surface area contributed by atoms with Gasteiger partial charge in [0.2, 0.25) is 0 Å². The van der Waals surface area contributed by atoms with Gasteiger partial charge < -0.3 is 10.7 Å². The van der Waals surface area contributed by atoms with Crippen LogP contribution in [0.2, 0.25) is 0 Å². The Hall–Kier alpha value is -1.19. The molecule has 0 radical (unpaired) electrons. The second-order valence-electron chi connectivity index (χ2n) is 4.00. The van der Waals surface area contributed by atoms with Crippen molar-refractivity contribution in [2.24, 2.45) is 5.73 Å². The number of hydrogen-bond donors (Lipinski definition) is 2. The van der Waals surface area contributed by atoms with Crippen molar-refractivity contribution in [3.63, 3.8) is 0 Å². The Morgan fingerprint density at radius 3 is 2.75 bits per heavy atom. The summed E-state index contributed by atoms with van der Waals surface area (Å²) >= 11 is 1.96. The predicted octanol–water partition coefficient (Wildman–Crippen LogP) is 2.89. The monoisotopic (exact) mass is 230 g/mol. The van der Waals surface area contributed by atoms with Crippen LogP contribution in [0.3, 0.4) is 0 Å². The molecule has 2 aromatic rings. The maximum absolute atomic E-state index is 5.88. The highest BCUT2D eigenvalue weighted by atomic mass is 32.2. The fourth-order valence-electron chi connectivity index (χ4n) is 2.26. The van der Waals surface area contributed by atoms with E-state index in [1.54, 1.807) is 0 Å². The number of H-pyrrole nitrogens is 1. The third-order valence-electron chi connectivity index (χ3n) is 3.07. The summed E-state index contributed by atoms with van der Waals surface area (Å²) in [6.45, 7) is 0.622. The lowest BCUT2D eigenvalue weighted by atomic mass is 10.1. The number of hydrogen-bond acceptors (Lipinski definition) is 2. The first-order valence-corrected chi connectivity index (χ1v) is 6.61. The molecule has 1 aromatic heterocycles. The molecule has 0 aliphatic carbocycles. The molecule has 1 aliphatic rings. The van der Waals surface area contributed by atoms with E-state index in [1.165, 1.54) is 28.1 Å². The molecule has 0 saturated carbocycles. The van der Waals surface area contributed by atoms with Crippen LogP contribution < -0.4 is 5.73 Å². The standard InChI is InChI=1S/C13H14N2S/c14-6-10-11-7-16-8-12(11)15-13(10)9-4-2-1-3-5-9/h1-5,15H,6-8,14H2. The van der Waals surface area contributed by atoms with Gasteiger partial charge in [-0.3, -0.25) is 0 Å². The first-order chi connectivity index (χ1) is 7.90. The average Bonchev–Trinajstić information content (AvgIpc) is 2.89. The summed E-state index contributed by atoms with van der Waals surface area (Å²) < 4.78 is 0. The molecular weight excluding hydrogens is 216 g/mol. The van der Waals surface area contributed by atoms with E-state index in [1.807, 2.05) is 17.8 Å².